The standard InChI is InChI=1S/C24H30F2N2O3S/c1-16(2)14-18-4-6-19(7-5-18)17(3)27-24(29)20-10-12-28(13-11-20)32(30,31)21-8-9-22(25)23(26)15-21/h4-9,15-17,20H,10-14H2,1-3H3,(H,27,29). The molecule has 0 aliphatic carbocycles. The summed E-state index contributed by atoms with van der Waals surface area (Å²) in [5.41, 5.74) is 2.28. The predicted octanol–water partition coefficient (Wildman–Crippen LogP) is 4.44. The number of benzene rings is 2. The number of halogens is 2. The summed E-state index contributed by atoms with van der Waals surface area (Å²) in [7, 11) is -3.93. The number of hydrogen-bond donors (Lipinski definition) is 1. The van der Waals surface area contributed by atoms with Crippen LogP contribution < -0.4 is 5.32 Å². The first-order chi connectivity index (χ1) is 15.1. The van der Waals surface area contributed by atoms with Gasteiger partial charge in [-0.05, 0) is 61.4 Å². The third-order valence-electron chi connectivity index (χ3n) is 5.84. The van der Waals surface area contributed by atoms with Gasteiger partial charge in [-0.1, -0.05) is 38.1 Å². The molecule has 2 aromatic rings. The van der Waals surface area contributed by atoms with Gasteiger partial charge in [0.1, 0.15) is 0 Å². The summed E-state index contributed by atoms with van der Waals surface area (Å²) in [5.74, 6) is -2.12. The molecular formula is C24H30F2N2O3S. The highest BCUT2D eigenvalue weighted by Gasteiger charge is 2.33. The Balaban J connectivity index is 1.56. The Hall–Kier alpha value is -2.32. The van der Waals surface area contributed by atoms with Crippen molar-refractivity contribution in [2.24, 2.45) is 11.8 Å². The number of nitrogens with zero attached hydrogens (tertiary/aromatic N) is 1. The van der Waals surface area contributed by atoms with E-state index in [4.69, 9.17) is 0 Å². The first-order valence-corrected chi connectivity index (χ1v) is 12.4. The highest BCUT2D eigenvalue weighted by molar-refractivity contribution is 7.89. The second-order valence-corrected chi connectivity index (χ2v) is 10.8. The molecule has 0 spiro atoms. The molecule has 1 aliphatic heterocycles. The summed E-state index contributed by atoms with van der Waals surface area (Å²) in [6, 6.07) is 10.6. The van der Waals surface area contributed by atoms with Crippen molar-refractivity contribution < 1.29 is 22.0 Å². The average molecular weight is 465 g/mol. The SMILES string of the molecule is CC(C)Cc1ccc(C(C)NC(=O)C2CCN(S(=O)(=O)c3ccc(F)c(F)c3)CC2)cc1. The largest absolute Gasteiger partial charge is 0.349 e. The van der Waals surface area contributed by atoms with E-state index in [0.29, 0.717) is 24.8 Å². The minimum atomic E-state index is -3.93. The van der Waals surface area contributed by atoms with Gasteiger partial charge in [0.05, 0.1) is 10.9 Å². The fourth-order valence-corrected chi connectivity index (χ4v) is 5.46. The maximum Gasteiger partial charge on any atom is 0.243 e. The first kappa shape index (κ1) is 24.3. The molecule has 1 aliphatic rings. The third kappa shape index (κ3) is 5.72. The van der Waals surface area contributed by atoms with Crippen LogP contribution in [0.4, 0.5) is 8.78 Å². The molecule has 1 saturated heterocycles. The highest BCUT2D eigenvalue weighted by Crippen LogP contribution is 2.26. The zero-order valence-corrected chi connectivity index (χ0v) is 19.5. The molecule has 0 aromatic heterocycles. The van der Waals surface area contributed by atoms with Gasteiger partial charge in [0.15, 0.2) is 11.6 Å². The van der Waals surface area contributed by atoms with E-state index in [2.05, 4.69) is 31.3 Å². The molecule has 0 radical (unpaired) electrons. The quantitative estimate of drug-likeness (QED) is 0.659. The minimum Gasteiger partial charge on any atom is -0.349 e. The Morgan fingerprint density at radius 2 is 1.66 bits per heavy atom. The van der Waals surface area contributed by atoms with Crippen molar-refractivity contribution in [3.05, 3.63) is 65.2 Å². The molecule has 1 fully saturated rings. The van der Waals surface area contributed by atoms with E-state index in [1.165, 1.54) is 9.87 Å². The molecule has 3 rings (SSSR count). The van der Waals surface area contributed by atoms with Crippen molar-refractivity contribution in [1.82, 2.24) is 9.62 Å². The second-order valence-electron chi connectivity index (χ2n) is 8.82. The molecule has 1 atom stereocenters. The lowest BCUT2D eigenvalue weighted by atomic mass is 9.96. The Labute approximate surface area is 188 Å². The number of sulfonamides is 1. The Bertz CT molecular complexity index is 1050. The average Bonchev–Trinajstić information content (AvgIpc) is 2.75. The van der Waals surface area contributed by atoms with Gasteiger partial charge in [-0.2, -0.15) is 4.31 Å². The molecule has 32 heavy (non-hydrogen) atoms. The number of carbonyl (C=O) groups is 1. The summed E-state index contributed by atoms with van der Waals surface area (Å²) in [6.45, 7) is 6.57. The minimum absolute atomic E-state index is 0.103. The maximum atomic E-state index is 13.5. The van der Waals surface area contributed by atoms with E-state index in [9.17, 15) is 22.0 Å². The number of nitrogens with one attached hydrogen (secondary N) is 1. The van der Waals surface area contributed by atoms with Crippen LogP contribution in [0, 0.1) is 23.5 Å². The molecule has 1 N–H and O–H groups in total. The van der Waals surface area contributed by atoms with Crippen molar-refractivity contribution >= 4 is 15.9 Å². The van der Waals surface area contributed by atoms with Crippen molar-refractivity contribution in [3.8, 4) is 0 Å². The van der Waals surface area contributed by atoms with Gasteiger partial charge in [-0.3, -0.25) is 4.79 Å². The molecule has 1 heterocycles. The third-order valence-corrected chi connectivity index (χ3v) is 7.73. The number of carbonyl (C=O) groups excluding carboxylic acids is 1. The first-order valence-electron chi connectivity index (χ1n) is 10.9. The van der Waals surface area contributed by atoms with Crippen LogP contribution in [0.25, 0.3) is 0 Å². The number of hydrogen-bond acceptors (Lipinski definition) is 3. The Morgan fingerprint density at radius 3 is 2.22 bits per heavy atom. The Kier molecular flexibility index (Phi) is 7.67. The number of rotatable bonds is 7. The summed E-state index contributed by atoms with van der Waals surface area (Å²) in [5, 5.41) is 3.03. The topological polar surface area (TPSA) is 66.5 Å². The highest BCUT2D eigenvalue weighted by atomic mass is 32.2. The molecular weight excluding hydrogens is 434 g/mol. The molecule has 2 aromatic carbocycles. The molecule has 0 bridgehead atoms. The molecule has 0 saturated carbocycles. The lowest BCUT2D eigenvalue weighted by molar-refractivity contribution is -0.126. The van der Waals surface area contributed by atoms with E-state index in [1.54, 1.807) is 0 Å². The number of piperidine rings is 1. The van der Waals surface area contributed by atoms with E-state index in [0.717, 1.165) is 24.1 Å². The fraction of sp³-hybridized carbons (Fsp3) is 0.458. The van der Waals surface area contributed by atoms with Gasteiger partial charge in [0, 0.05) is 19.0 Å². The zero-order chi connectivity index (χ0) is 23.5. The van der Waals surface area contributed by atoms with Crippen LogP contribution in [-0.4, -0.2) is 31.7 Å². The van der Waals surface area contributed by atoms with Gasteiger partial charge in [0.2, 0.25) is 15.9 Å². The summed E-state index contributed by atoms with van der Waals surface area (Å²) < 4.78 is 53.3. The van der Waals surface area contributed by atoms with Crippen LogP contribution in [0.5, 0.6) is 0 Å². The van der Waals surface area contributed by atoms with Crippen LogP contribution in [0.15, 0.2) is 47.4 Å². The van der Waals surface area contributed by atoms with Crippen LogP contribution in [-0.2, 0) is 21.2 Å². The van der Waals surface area contributed by atoms with E-state index < -0.39 is 21.7 Å². The lowest BCUT2D eigenvalue weighted by Gasteiger charge is -2.31. The van der Waals surface area contributed by atoms with E-state index in [1.807, 2.05) is 19.1 Å². The summed E-state index contributed by atoms with van der Waals surface area (Å²) >= 11 is 0. The fourth-order valence-electron chi connectivity index (χ4n) is 3.97. The molecule has 1 amide bonds. The van der Waals surface area contributed by atoms with Gasteiger partial charge < -0.3 is 5.32 Å². The van der Waals surface area contributed by atoms with Crippen molar-refractivity contribution in [1.29, 1.82) is 0 Å². The lowest BCUT2D eigenvalue weighted by Crippen LogP contribution is -2.43. The molecule has 5 nitrogen and oxygen atoms in total. The van der Waals surface area contributed by atoms with E-state index >= 15 is 0 Å². The Morgan fingerprint density at radius 1 is 1.03 bits per heavy atom. The van der Waals surface area contributed by atoms with Gasteiger partial charge >= 0.3 is 0 Å². The van der Waals surface area contributed by atoms with Crippen molar-refractivity contribution in [2.45, 2.75) is 51.0 Å². The molecule has 174 valence electrons. The monoisotopic (exact) mass is 464 g/mol. The van der Waals surface area contributed by atoms with E-state index in [-0.39, 0.29) is 35.9 Å². The van der Waals surface area contributed by atoms with Crippen LogP contribution in [0.2, 0.25) is 0 Å². The predicted molar refractivity (Wildman–Crippen MR) is 119 cm³/mol. The van der Waals surface area contributed by atoms with Gasteiger partial charge in [-0.15, -0.1) is 0 Å². The van der Waals surface area contributed by atoms with Crippen LogP contribution >= 0.6 is 0 Å². The smallest absolute Gasteiger partial charge is 0.243 e. The van der Waals surface area contributed by atoms with Crippen LogP contribution in [0.1, 0.15) is 50.8 Å². The molecule has 1 unspecified atom stereocenters. The maximum absolute atomic E-state index is 13.5. The van der Waals surface area contributed by atoms with Crippen LogP contribution in [0.3, 0.4) is 0 Å². The van der Waals surface area contributed by atoms with Crippen molar-refractivity contribution in [2.75, 3.05) is 13.1 Å². The molecule has 8 heteroatoms. The van der Waals surface area contributed by atoms with Crippen molar-refractivity contribution in [3.63, 3.8) is 0 Å². The second kappa shape index (κ2) is 10.1. The zero-order valence-electron chi connectivity index (χ0n) is 18.6. The summed E-state index contributed by atoms with van der Waals surface area (Å²) in [6.07, 6.45) is 1.75. The normalized spacial score (nSPS) is 16.8. The van der Waals surface area contributed by atoms with Gasteiger partial charge in [-0.25, -0.2) is 17.2 Å². The van der Waals surface area contributed by atoms with Gasteiger partial charge in [0.25, 0.3) is 0 Å². The number of amides is 1. The summed E-state index contributed by atoms with van der Waals surface area (Å²) in [4.78, 5) is 12.4.